The van der Waals surface area contributed by atoms with E-state index in [1.807, 2.05) is 0 Å². The summed E-state index contributed by atoms with van der Waals surface area (Å²) < 4.78 is 31.6. The molecular formula is H12O9SZn. The number of hydrogen-bond donors (Lipinski definition) is 2. The van der Waals surface area contributed by atoms with Crippen molar-refractivity contribution < 1.29 is 64.4 Å². The minimum atomic E-state index is -4.67. The molecule has 0 amide bonds. The fraction of sp³-hybridized carbons (Fsp3) is 0. The summed E-state index contributed by atoms with van der Waals surface area (Å²) in [5.74, 6) is 0. The van der Waals surface area contributed by atoms with Gasteiger partial charge >= 0.3 is 10.4 Å². The quantitative estimate of drug-likeness (QED) is 0.319. The minimum absolute atomic E-state index is 0. The van der Waals surface area contributed by atoms with E-state index in [-0.39, 0.29) is 46.9 Å². The van der Waals surface area contributed by atoms with Gasteiger partial charge in [0, 0.05) is 19.5 Å². The van der Waals surface area contributed by atoms with Gasteiger partial charge in [0.1, 0.15) is 0 Å². The maximum atomic E-state index is 8.74. The Labute approximate surface area is 75.3 Å². The second-order valence-corrected chi connectivity index (χ2v) is 1.34. The van der Waals surface area contributed by atoms with Crippen molar-refractivity contribution >= 4 is 10.4 Å². The molecule has 0 heterocycles. The molecule has 0 aliphatic carbocycles. The van der Waals surface area contributed by atoms with E-state index in [2.05, 4.69) is 0 Å². The average Bonchev–Trinajstić information content (AvgIpc) is 0.722. The third kappa shape index (κ3) is 8230. The predicted octanol–water partition coefficient (Wildman–Crippen LogP) is -4.78. The van der Waals surface area contributed by atoms with Crippen molar-refractivity contribution in [2.45, 2.75) is 0 Å². The Kier molecular flexibility index (Phi) is 132. The third-order valence-electron chi connectivity index (χ3n) is 0. The Bertz CT molecular complexity index is 92.7. The Hall–Kier alpha value is 0.293. The molecule has 9 nitrogen and oxygen atoms in total. The van der Waals surface area contributed by atoms with Crippen molar-refractivity contribution in [2.24, 2.45) is 0 Å². The molecule has 74 valence electrons. The molecule has 0 aliphatic rings. The van der Waals surface area contributed by atoms with Crippen LogP contribution in [-0.2, 0) is 29.9 Å². The maximum absolute atomic E-state index is 8.74. The van der Waals surface area contributed by atoms with E-state index < -0.39 is 10.4 Å². The summed E-state index contributed by atoms with van der Waals surface area (Å²) in [5, 5.41) is 0. The van der Waals surface area contributed by atoms with Gasteiger partial charge in [0.05, 0.1) is 0 Å². The normalized spacial score (nSPS) is 5.27. The molecule has 0 bridgehead atoms. The fourth-order valence-electron chi connectivity index (χ4n) is 0. The van der Waals surface area contributed by atoms with Crippen LogP contribution in [0.1, 0.15) is 0 Å². The van der Waals surface area contributed by atoms with Gasteiger partial charge in [-0.05, 0) is 0 Å². The van der Waals surface area contributed by atoms with Crippen LogP contribution in [0.25, 0.3) is 0 Å². The molecule has 0 unspecified atom stereocenters. The Morgan fingerprint density at radius 1 is 0.727 bits per heavy atom. The van der Waals surface area contributed by atoms with E-state index in [0.717, 1.165) is 0 Å². The Morgan fingerprint density at radius 3 is 0.727 bits per heavy atom. The van der Waals surface area contributed by atoms with Crippen LogP contribution in [0, 0.1) is 0 Å². The Morgan fingerprint density at radius 2 is 0.727 bits per heavy atom. The molecule has 0 saturated heterocycles. The van der Waals surface area contributed by atoms with Crippen molar-refractivity contribution in [1.29, 1.82) is 0 Å². The van der Waals surface area contributed by atoms with Gasteiger partial charge in [-0.3, -0.25) is 9.11 Å². The molecule has 0 spiro atoms. The van der Waals surface area contributed by atoms with Crippen LogP contribution in [0.2, 0.25) is 0 Å². The van der Waals surface area contributed by atoms with E-state index in [1.165, 1.54) is 0 Å². The molecule has 0 aromatic heterocycles. The van der Waals surface area contributed by atoms with E-state index in [4.69, 9.17) is 17.5 Å². The molecule has 0 rings (SSSR count). The third-order valence-corrected chi connectivity index (χ3v) is 0. The van der Waals surface area contributed by atoms with E-state index in [9.17, 15) is 0 Å². The predicted molar refractivity (Wildman–Crippen MR) is 32.2 cm³/mol. The van der Waals surface area contributed by atoms with Crippen molar-refractivity contribution in [1.82, 2.24) is 0 Å². The van der Waals surface area contributed by atoms with E-state index >= 15 is 0 Å². The first-order valence-corrected chi connectivity index (χ1v) is 2.10. The van der Waals surface area contributed by atoms with Crippen molar-refractivity contribution in [3.05, 3.63) is 0 Å². The molecule has 12 N–H and O–H groups in total. The summed E-state index contributed by atoms with van der Waals surface area (Å²) in [6.07, 6.45) is 0. The van der Waals surface area contributed by atoms with E-state index in [0.29, 0.717) is 0 Å². The van der Waals surface area contributed by atoms with Gasteiger partial charge in [-0.25, -0.2) is 0 Å². The second kappa shape index (κ2) is 22.4. The van der Waals surface area contributed by atoms with Crippen LogP contribution in [0.15, 0.2) is 0 Å². The Balaban J connectivity index is -0.00000000533. The van der Waals surface area contributed by atoms with Gasteiger partial charge in [-0.2, -0.15) is 8.42 Å². The van der Waals surface area contributed by atoms with Crippen LogP contribution >= 0.6 is 0 Å². The first-order valence-electron chi connectivity index (χ1n) is 0.698. The average molecular weight is 254 g/mol. The molecule has 0 saturated carbocycles. The van der Waals surface area contributed by atoms with Gasteiger partial charge in [0.25, 0.3) is 0 Å². The molecule has 11 heavy (non-hydrogen) atoms. The molecule has 0 radical (unpaired) electrons. The summed E-state index contributed by atoms with van der Waals surface area (Å²) in [5.41, 5.74) is 0. The summed E-state index contributed by atoms with van der Waals surface area (Å²) >= 11 is 0. The first-order chi connectivity index (χ1) is 2.00. The summed E-state index contributed by atoms with van der Waals surface area (Å²) in [4.78, 5) is 0. The van der Waals surface area contributed by atoms with Crippen molar-refractivity contribution in [3.63, 3.8) is 0 Å². The molecule has 0 aliphatic heterocycles. The summed E-state index contributed by atoms with van der Waals surface area (Å²) in [6.45, 7) is 0. The molecular weight excluding hydrogens is 241 g/mol. The van der Waals surface area contributed by atoms with Gasteiger partial charge in [-0.1, -0.05) is 0 Å². The number of hydrogen-bond acceptors (Lipinski definition) is 2. The standard InChI is InChI=1S/H2O4S.5H2O.Zn/c1-5(2,3)4;;;;;;/h(H2,1,2,3,4);5*1H2;. The van der Waals surface area contributed by atoms with Crippen LogP contribution in [-0.4, -0.2) is 44.9 Å². The smallest absolute Gasteiger partial charge is 0.394 e. The second-order valence-electron chi connectivity index (χ2n) is 0.448. The van der Waals surface area contributed by atoms with Gasteiger partial charge in [-0.15, -0.1) is 0 Å². The molecule has 0 aromatic rings. The van der Waals surface area contributed by atoms with Crippen molar-refractivity contribution in [2.75, 3.05) is 0 Å². The topological polar surface area (TPSA) is 232 Å². The summed E-state index contributed by atoms with van der Waals surface area (Å²) in [6, 6.07) is 0. The van der Waals surface area contributed by atoms with Gasteiger partial charge < -0.3 is 27.4 Å². The van der Waals surface area contributed by atoms with Crippen LogP contribution < -0.4 is 0 Å². The SMILES string of the molecule is O.O.O.O.O.O=S(=O)(O)O.[Zn]. The zero-order valence-corrected chi connectivity index (χ0v) is 9.11. The first kappa shape index (κ1) is 64.9. The van der Waals surface area contributed by atoms with Crippen LogP contribution in [0.4, 0.5) is 0 Å². The molecule has 0 atom stereocenters. The fourth-order valence-corrected chi connectivity index (χ4v) is 0. The van der Waals surface area contributed by atoms with Gasteiger partial charge in [0.15, 0.2) is 0 Å². The maximum Gasteiger partial charge on any atom is 0.394 e. The van der Waals surface area contributed by atoms with Crippen LogP contribution in [0.5, 0.6) is 0 Å². The van der Waals surface area contributed by atoms with Crippen LogP contribution in [0.3, 0.4) is 0 Å². The van der Waals surface area contributed by atoms with Gasteiger partial charge in [0.2, 0.25) is 0 Å². The minimum Gasteiger partial charge on any atom is -0.412 e. The van der Waals surface area contributed by atoms with Crippen molar-refractivity contribution in [3.8, 4) is 0 Å². The zero-order chi connectivity index (χ0) is 4.50. The number of rotatable bonds is 0. The van der Waals surface area contributed by atoms with E-state index in [1.54, 1.807) is 0 Å². The largest absolute Gasteiger partial charge is 0.412 e. The summed E-state index contributed by atoms with van der Waals surface area (Å²) in [7, 11) is -4.67. The molecule has 0 aromatic carbocycles. The molecule has 0 fully saturated rings. The monoisotopic (exact) mass is 252 g/mol. The zero-order valence-electron chi connectivity index (χ0n) is 5.33. The molecule has 11 heteroatoms.